The average Bonchev–Trinajstić information content (AvgIpc) is 2.84. The minimum atomic E-state index is -3.74. The average molecular weight is 614 g/mol. The van der Waals surface area contributed by atoms with Crippen LogP contribution in [0.2, 0.25) is 0 Å². The van der Waals surface area contributed by atoms with Gasteiger partial charge in [0.25, 0.3) is 0 Å². The van der Waals surface area contributed by atoms with E-state index in [9.17, 15) is 13.7 Å². The van der Waals surface area contributed by atoms with Gasteiger partial charge >= 0.3 is 32.3 Å². The van der Waals surface area contributed by atoms with Crippen LogP contribution in [-0.4, -0.2) is 66.7 Å². The third-order valence-electron chi connectivity index (χ3n) is 4.66. The maximum atomic E-state index is 13.5. The summed E-state index contributed by atoms with van der Waals surface area (Å²) in [6.07, 6.45) is 0.693. The smallest absolute Gasteiger partial charge is 0.356 e. The van der Waals surface area contributed by atoms with Gasteiger partial charge in [-0.25, -0.2) is 0 Å². The third-order valence-corrected chi connectivity index (χ3v) is 13.9. The van der Waals surface area contributed by atoms with Crippen molar-refractivity contribution in [1.29, 1.82) is 0 Å². The van der Waals surface area contributed by atoms with Gasteiger partial charge in [0.05, 0.1) is 39.6 Å². The SMILES string of the molecule is CCOP(=O)(OCC)C(CC)O[Si](OC(CC)P(=O)(OCC)OCC)OC(CC)P(=O)(OCC)OCC. The standard InChI is InChI=1S/C21H48O12P3Si/c1-10-19(34(22,25-13-4)26-14-5)31-37(32-20(11-2)35(23,27-15-6)28-16-7)33-21(12-3)36(24,29-17-8)30-18-9/h19-21H,10-18H2,1-9H3. The molecule has 223 valence electrons. The van der Waals surface area contributed by atoms with Crippen molar-refractivity contribution in [3.8, 4) is 0 Å². The Morgan fingerprint density at radius 1 is 0.432 bits per heavy atom. The highest BCUT2D eigenvalue weighted by Crippen LogP contribution is 2.58. The lowest BCUT2D eigenvalue weighted by atomic mass is 10.5. The van der Waals surface area contributed by atoms with E-state index < -0.39 is 49.8 Å². The van der Waals surface area contributed by atoms with Crippen molar-refractivity contribution in [2.75, 3.05) is 39.6 Å². The zero-order chi connectivity index (χ0) is 28.5. The van der Waals surface area contributed by atoms with Gasteiger partial charge in [-0.2, -0.15) is 0 Å². The van der Waals surface area contributed by atoms with Crippen LogP contribution in [0.3, 0.4) is 0 Å². The topological polar surface area (TPSA) is 134 Å². The molecule has 0 aromatic heterocycles. The molecule has 16 heteroatoms. The largest absolute Gasteiger partial charge is 0.580 e. The van der Waals surface area contributed by atoms with Crippen LogP contribution < -0.4 is 0 Å². The fourth-order valence-electron chi connectivity index (χ4n) is 3.22. The molecule has 3 unspecified atom stereocenters. The summed E-state index contributed by atoms with van der Waals surface area (Å²) in [5, 5.41) is 0. The van der Waals surface area contributed by atoms with Gasteiger partial charge in [-0.05, 0) is 60.8 Å². The van der Waals surface area contributed by atoms with E-state index in [0.717, 1.165) is 0 Å². The highest BCUT2D eigenvalue weighted by atomic mass is 31.2. The van der Waals surface area contributed by atoms with Gasteiger partial charge in [0.15, 0.2) is 17.5 Å². The van der Waals surface area contributed by atoms with Gasteiger partial charge in [-0.15, -0.1) is 0 Å². The molecule has 0 rings (SSSR count). The highest BCUT2D eigenvalue weighted by molar-refractivity contribution is 7.55. The van der Waals surface area contributed by atoms with Crippen LogP contribution in [0.25, 0.3) is 0 Å². The Morgan fingerprint density at radius 3 is 0.757 bits per heavy atom. The van der Waals surface area contributed by atoms with Crippen molar-refractivity contribution in [3.05, 3.63) is 0 Å². The normalized spacial score (nSPS) is 15.7. The van der Waals surface area contributed by atoms with Crippen LogP contribution in [0, 0.1) is 0 Å². The van der Waals surface area contributed by atoms with Crippen molar-refractivity contribution in [1.82, 2.24) is 0 Å². The first-order valence-corrected chi connectivity index (χ1v) is 19.1. The Morgan fingerprint density at radius 2 is 0.622 bits per heavy atom. The molecule has 0 fully saturated rings. The fraction of sp³-hybridized carbons (Fsp3) is 1.00. The second kappa shape index (κ2) is 19.6. The predicted octanol–water partition coefficient (Wildman–Crippen LogP) is 7.03. The molecular formula is C21H48O12P3Si. The minimum Gasteiger partial charge on any atom is -0.356 e. The molecule has 0 N–H and O–H groups in total. The Hall–Kier alpha value is 0.547. The van der Waals surface area contributed by atoms with E-state index in [2.05, 4.69) is 0 Å². The molecule has 0 spiro atoms. The van der Waals surface area contributed by atoms with E-state index >= 15 is 0 Å². The van der Waals surface area contributed by atoms with Crippen molar-refractivity contribution in [3.63, 3.8) is 0 Å². The maximum absolute atomic E-state index is 13.5. The summed E-state index contributed by atoms with van der Waals surface area (Å²) < 4.78 is 91.8. The monoisotopic (exact) mass is 613 g/mol. The minimum absolute atomic E-state index is 0.129. The van der Waals surface area contributed by atoms with Crippen LogP contribution >= 0.6 is 22.8 Å². The first-order chi connectivity index (χ1) is 17.5. The molecule has 0 heterocycles. The van der Waals surface area contributed by atoms with E-state index in [1.165, 1.54) is 0 Å². The molecule has 0 saturated carbocycles. The molecule has 12 nitrogen and oxygen atoms in total. The summed E-state index contributed by atoms with van der Waals surface area (Å²) in [5.41, 5.74) is 0. The summed E-state index contributed by atoms with van der Waals surface area (Å²) in [7, 11) is -14.1. The van der Waals surface area contributed by atoms with Crippen molar-refractivity contribution in [2.45, 2.75) is 99.1 Å². The van der Waals surface area contributed by atoms with Crippen molar-refractivity contribution < 1.29 is 54.1 Å². The Bertz CT molecular complexity index is 618. The summed E-state index contributed by atoms with van der Waals surface area (Å²) in [6, 6.07) is 0. The van der Waals surface area contributed by atoms with Crippen LogP contribution in [0.1, 0.15) is 81.6 Å². The molecule has 0 saturated heterocycles. The van der Waals surface area contributed by atoms with Crippen molar-refractivity contribution >= 4 is 32.3 Å². The molecule has 37 heavy (non-hydrogen) atoms. The maximum Gasteiger partial charge on any atom is 0.580 e. The Labute approximate surface area is 225 Å². The molecule has 0 aliphatic rings. The number of hydrogen-bond donors (Lipinski definition) is 0. The van der Waals surface area contributed by atoms with E-state index in [0.29, 0.717) is 0 Å². The Kier molecular flexibility index (Phi) is 19.9. The second-order valence-corrected chi connectivity index (χ2v) is 15.0. The third kappa shape index (κ3) is 11.9. The molecule has 1 radical (unpaired) electrons. The summed E-state index contributed by atoms with van der Waals surface area (Å²) in [5.74, 6) is -3.18. The van der Waals surface area contributed by atoms with E-state index in [1.807, 2.05) is 0 Å². The van der Waals surface area contributed by atoms with Gasteiger partial charge in [-0.1, -0.05) is 20.8 Å². The van der Waals surface area contributed by atoms with Crippen LogP contribution in [0.5, 0.6) is 0 Å². The second-order valence-electron chi connectivity index (χ2n) is 7.32. The zero-order valence-electron chi connectivity index (χ0n) is 23.8. The predicted molar refractivity (Wildman–Crippen MR) is 144 cm³/mol. The molecule has 0 aromatic carbocycles. The first-order valence-electron chi connectivity index (χ1n) is 13.1. The first kappa shape index (κ1) is 37.5. The number of hydrogen-bond acceptors (Lipinski definition) is 12. The fourth-order valence-corrected chi connectivity index (χ4v) is 11.6. The van der Waals surface area contributed by atoms with E-state index in [-0.39, 0.29) is 58.9 Å². The van der Waals surface area contributed by atoms with Crippen LogP contribution in [0.4, 0.5) is 0 Å². The number of rotatable bonds is 24. The van der Waals surface area contributed by atoms with E-state index in [1.54, 1.807) is 62.3 Å². The van der Waals surface area contributed by atoms with Crippen molar-refractivity contribution in [2.24, 2.45) is 0 Å². The van der Waals surface area contributed by atoms with Gasteiger partial charge in [0.2, 0.25) is 0 Å². The lowest BCUT2D eigenvalue weighted by Gasteiger charge is -2.33. The Balaban J connectivity index is 6.44. The van der Waals surface area contributed by atoms with Gasteiger partial charge in [-0.3, -0.25) is 13.7 Å². The van der Waals surface area contributed by atoms with Crippen LogP contribution in [-0.2, 0) is 54.1 Å². The zero-order valence-corrected chi connectivity index (χ0v) is 27.5. The molecule has 0 amide bonds. The summed E-state index contributed by atoms with van der Waals surface area (Å²) >= 11 is 0. The van der Waals surface area contributed by atoms with Gasteiger partial charge in [0.1, 0.15) is 0 Å². The molecule has 0 aliphatic carbocycles. The molecule has 0 bridgehead atoms. The van der Waals surface area contributed by atoms with Gasteiger partial charge in [0, 0.05) is 0 Å². The molecule has 0 aliphatic heterocycles. The lowest BCUT2D eigenvalue weighted by molar-refractivity contribution is 0.0294. The van der Waals surface area contributed by atoms with E-state index in [4.69, 9.17) is 40.4 Å². The quantitative estimate of drug-likeness (QED) is 0.0817. The highest BCUT2D eigenvalue weighted by Gasteiger charge is 2.47. The molecule has 3 atom stereocenters. The molecule has 0 aromatic rings. The lowest BCUT2D eigenvalue weighted by Crippen LogP contribution is -2.39. The van der Waals surface area contributed by atoms with Gasteiger partial charge < -0.3 is 40.4 Å². The summed E-state index contributed by atoms with van der Waals surface area (Å²) in [4.78, 5) is 0. The van der Waals surface area contributed by atoms with Crippen LogP contribution in [0.15, 0.2) is 0 Å². The summed E-state index contributed by atoms with van der Waals surface area (Å²) in [6.45, 7) is 16.2. The molecular weight excluding hydrogens is 565 g/mol.